The summed E-state index contributed by atoms with van der Waals surface area (Å²) < 4.78 is 39.1. The molecule has 0 bridgehead atoms. The molecular weight excluding hydrogens is 249 g/mol. The standard InChI is InChI=1S/C8H14BrF3O/c9-5-3-1-2-4-6-13-7-8(10,11)12/h1-7H2. The van der Waals surface area contributed by atoms with Gasteiger partial charge in [-0.15, -0.1) is 0 Å². The summed E-state index contributed by atoms with van der Waals surface area (Å²) in [5, 5.41) is 0.955. The quantitative estimate of drug-likeness (QED) is 0.504. The van der Waals surface area contributed by atoms with Crippen molar-refractivity contribution in [1.29, 1.82) is 0 Å². The Labute approximate surface area is 84.8 Å². The van der Waals surface area contributed by atoms with E-state index in [1.807, 2.05) is 0 Å². The number of halogens is 4. The molecule has 1 nitrogen and oxygen atoms in total. The molecule has 0 radical (unpaired) electrons. The third kappa shape index (κ3) is 12.2. The highest BCUT2D eigenvalue weighted by molar-refractivity contribution is 9.09. The van der Waals surface area contributed by atoms with Crippen LogP contribution in [0.15, 0.2) is 0 Å². The molecular formula is C8H14BrF3O. The Morgan fingerprint density at radius 1 is 1.00 bits per heavy atom. The summed E-state index contributed by atoms with van der Waals surface area (Å²) in [5.74, 6) is 0. The molecule has 0 atom stereocenters. The Morgan fingerprint density at radius 3 is 2.15 bits per heavy atom. The lowest BCUT2D eigenvalue weighted by atomic mass is 10.2. The van der Waals surface area contributed by atoms with Gasteiger partial charge in [-0.1, -0.05) is 28.8 Å². The molecule has 0 amide bonds. The van der Waals surface area contributed by atoms with E-state index < -0.39 is 12.8 Å². The number of alkyl halides is 4. The van der Waals surface area contributed by atoms with E-state index in [0.29, 0.717) is 6.42 Å². The van der Waals surface area contributed by atoms with Gasteiger partial charge in [-0.05, 0) is 12.8 Å². The molecule has 5 heteroatoms. The summed E-state index contributed by atoms with van der Waals surface area (Å²) in [6.07, 6.45) is -0.428. The van der Waals surface area contributed by atoms with E-state index in [2.05, 4.69) is 20.7 Å². The third-order valence-corrected chi connectivity index (χ3v) is 2.00. The minimum Gasteiger partial charge on any atom is -0.372 e. The Hall–Kier alpha value is 0.230. The second kappa shape index (κ2) is 7.62. The summed E-state index contributed by atoms with van der Waals surface area (Å²) in [7, 11) is 0. The molecule has 0 saturated carbocycles. The van der Waals surface area contributed by atoms with Crippen molar-refractivity contribution in [2.45, 2.75) is 31.9 Å². The zero-order valence-electron chi connectivity index (χ0n) is 7.37. The van der Waals surface area contributed by atoms with Crippen LogP contribution in [0.2, 0.25) is 0 Å². The highest BCUT2D eigenvalue weighted by Gasteiger charge is 2.26. The van der Waals surface area contributed by atoms with Crippen molar-refractivity contribution in [3.63, 3.8) is 0 Å². The fourth-order valence-electron chi connectivity index (χ4n) is 0.840. The Bertz CT molecular complexity index is 116. The molecule has 0 fully saturated rings. The van der Waals surface area contributed by atoms with Crippen molar-refractivity contribution >= 4 is 15.9 Å². The van der Waals surface area contributed by atoms with Gasteiger partial charge in [0.15, 0.2) is 0 Å². The fraction of sp³-hybridized carbons (Fsp3) is 1.00. The Kier molecular flexibility index (Phi) is 7.75. The average Bonchev–Trinajstić information content (AvgIpc) is 2.01. The van der Waals surface area contributed by atoms with Crippen molar-refractivity contribution in [2.75, 3.05) is 18.5 Å². The normalized spacial score (nSPS) is 12.0. The van der Waals surface area contributed by atoms with E-state index >= 15 is 0 Å². The van der Waals surface area contributed by atoms with Crippen LogP contribution in [0.1, 0.15) is 25.7 Å². The second-order valence-corrected chi connectivity index (χ2v) is 3.56. The number of unbranched alkanes of at least 4 members (excludes halogenated alkanes) is 3. The van der Waals surface area contributed by atoms with Gasteiger partial charge in [0, 0.05) is 11.9 Å². The SMILES string of the molecule is FC(F)(F)COCCCCCCBr. The predicted octanol–water partition coefficient (Wildman–Crippen LogP) is 3.52. The van der Waals surface area contributed by atoms with Crippen LogP contribution in [0.25, 0.3) is 0 Å². The van der Waals surface area contributed by atoms with E-state index in [0.717, 1.165) is 24.6 Å². The first-order valence-corrected chi connectivity index (χ1v) is 5.39. The van der Waals surface area contributed by atoms with Crippen molar-refractivity contribution in [2.24, 2.45) is 0 Å². The van der Waals surface area contributed by atoms with Gasteiger partial charge in [-0.2, -0.15) is 13.2 Å². The highest BCUT2D eigenvalue weighted by Crippen LogP contribution is 2.14. The molecule has 0 heterocycles. The van der Waals surface area contributed by atoms with Crippen molar-refractivity contribution < 1.29 is 17.9 Å². The maximum atomic E-state index is 11.6. The van der Waals surface area contributed by atoms with Gasteiger partial charge in [0.05, 0.1) is 0 Å². The molecule has 0 unspecified atom stereocenters. The zero-order valence-corrected chi connectivity index (χ0v) is 8.96. The van der Waals surface area contributed by atoms with Crippen LogP contribution in [-0.4, -0.2) is 24.7 Å². The van der Waals surface area contributed by atoms with Gasteiger partial charge >= 0.3 is 6.18 Å². The highest BCUT2D eigenvalue weighted by atomic mass is 79.9. The van der Waals surface area contributed by atoms with Gasteiger partial charge in [-0.3, -0.25) is 0 Å². The van der Waals surface area contributed by atoms with E-state index in [-0.39, 0.29) is 6.61 Å². The Balaban J connectivity index is 3.00. The summed E-state index contributed by atoms with van der Waals surface area (Å²) in [4.78, 5) is 0. The van der Waals surface area contributed by atoms with Gasteiger partial charge in [0.2, 0.25) is 0 Å². The minimum absolute atomic E-state index is 0.210. The largest absolute Gasteiger partial charge is 0.411 e. The smallest absolute Gasteiger partial charge is 0.372 e. The average molecular weight is 263 g/mol. The maximum absolute atomic E-state index is 11.6. The van der Waals surface area contributed by atoms with Gasteiger partial charge in [0.25, 0.3) is 0 Å². The molecule has 0 aromatic carbocycles. The monoisotopic (exact) mass is 262 g/mol. The summed E-state index contributed by atoms with van der Waals surface area (Å²) in [6.45, 7) is -0.909. The molecule has 0 spiro atoms. The molecule has 0 N–H and O–H groups in total. The van der Waals surface area contributed by atoms with Crippen molar-refractivity contribution in [3.05, 3.63) is 0 Å². The number of hydrogen-bond donors (Lipinski definition) is 0. The number of rotatable bonds is 7. The molecule has 0 aliphatic rings. The lowest BCUT2D eigenvalue weighted by Gasteiger charge is -2.06. The fourth-order valence-corrected chi connectivity index (χ4v) is 1.24. The Morgan fingerprint density at radius 2 is 1.62 bits per heavy atom. The third-order valence-electron chi connectivity index (χ3n) is 1.44. The van der Waals surface area contributed by atoms with Crippen LogP contribution in [0, 0.1) is 0 Å². The maximum Gasteiger partial charge on any atom is 0.411 e. The molecule has 0 aromatic rings. The number of hydrogen-bond acceptors (Lipinski definition) is 1. The molecule has 13 heavy (non-hydrogen) atoms. The summed E-state index contributed by atoms with van der Waals surface area (Å²) in [5.41, 5.74) is 0. The summed E-state index contributed by atoms with van der Waals surface area (Å²) in [6, 6.07) is 0. The van der Waals surface area contributed by atoms with E-state index in [4.69, 9.17) is 0 Å². The lowest BCUT2D eigenvalue weighted by Crippen LogP contribution is -2.17. The van der Waals surface area contributed by atoms with E-state index in [1.54, 1.807) is 0 Å². The first-order chi connectivity index (χ1) is 6.06. The molecule has 80 valence electrons. The van der Waals surface area contributed by atoms with Crippen LogP contribution in [0.4, 0.5) is 13.2 Å². The van der Waals surface area contributed by atoms with Gasteiger partial charge in [0.1, 0.15) is 6.61 Å². The first kappa shape index (κ1) is 13.2. The molecule has 0 aliphatic carbocycles. The van der Waals surface area contributed by atoms with Crippen LogP contribution >= 0.6 is 15.9 Å². The predicted molar refractivity (Wildman–Crippen MR) is 49.1 cm³/mol. The molecule has 0 aromatic heterocycles. The molecule has 0 aliphatic heterocycles. The van der Waals surface area contributed by atoms with Crippen LogP contribution < -0.4 is 0 Å². The van der Waals surface area contributed by atoms with E-state index in [9.17, 15) is 13.2 Å². The van der Waals surface area contributed by atoms with Gasteiger partial charge < -0.3 is 4.74 Å². The molecule has 0 saturated heterocycles. The van der Waals surface area contributed by atoms with Crippen molar-refractivity contribution in [3.8, 4) is 0 Å². The first-order valence-electron chi connectivity index (χ1n) is 4.27. The lowest BCUT2D eigenvalue weighted by molar-refractivity contribution is -0.174. The van der Waals surface area contributed by atoms with Crippen LogP contribution in [0.5, 0.6) is 0 Å². The van der Waals surface area contributed by atoms with Gasteiger partial charge in [-0.25, -0.2) is 0 Å². The van der Waals surface area contributed by atoms with Crippen LogP contribution in [0.3, 0.4) is 0 Å². The minimum atomic E-state index is -4.18. The topological polar surface area (TPSA) is 9.23 Å². The zero-order chi connectivity index (χ0) is 10.2. The molecule has 0 rings (SSSR count). The van der Waals surface area contributed by atoms with Crippen LogP contribution in [-0.2, 0) is 4.74 Å². The summed E-state index contributed by atoms with van der Waals surface area (Å²) >= 11 is 3.28. The number of ether oxygens (including phenoxy) is 1. The second-order valence-electron chi connectivity index (χ2n) is 2.77. The van der Waals surface area contributed by atoms with E-state index in [1.165, 1.54) is 0 Å². The van der Waals surface area contributed by atoms with Crippen molar-refractivity contribution in [1.82, 2.24) is 0 Å².